The molecule has 0 amide bonds. The van der Waals surface area contributed by atoms with E-state index >= 15 is 0 Å². The third-order valence-corrected chi connectivity index (χ3v) is 5.43. The third kappa shape index (κ3) is 2.82. The number of fused-ring (bicyclic) bond motifs is 1. The SMILES string of the molecule is Nc1ncc(-c2cccs2)nc1N(N)Cc1cc2cccnc2s1. The van der Waals surface area contributed by atoms with Gasteiger partial charge in [-0.2, -0.15) is 0 Å². The second kappa shape index (κ2) is 6.16. The van der Waals surface area contributed by atoms with Gasteiger partial charge in [0.2, 0.25) is 0 Å². The Bertz CT molecular complexity index is 946. The van der Waals surface area contributed by atoms with Crippen LogP contribution in [0.15, 0.2) is 48.1 Å². The van der Waals surface area contributed by atoms with E-state index in [2.05, 4.69) is 21.0 Å². The van der Waals surface area contributed by atoms with Crippen molar-refractivity contribution in [3.05, 3.63) is 53.0 Å². The molecule has 0 aliphatic rings. The summed E-state index contributed by atoms with van der Waals surface area (Å²) in [7, 11) is 0. The molecule has 0 radical (unpaired) electrons. The van der Waals surface area contributed by atoms with Gasteiger partial charge in [-0.25, -0.2) is 20.8 Å². The van der Waals surface area contributed by atoms with E-state index in [1.807, 2.05) is 29.6 Å². The molecule has 0 spiro atoms. The van der Waals surface area contributed by atoms with Gasteiger partial charge in [-0.3, -0.25) is 5.01 Å². The summed E-state index contributed by atoms with van der Waals surface area (Å²) >= 11 is 3.21. The van der Waals surface area contributed by atoms with Gasteiger partial charge in [0.05, 0.1) is 17.6 Å². The van der Waals surface area contributed by atoms with Crippen molar-refractivity contribution in [1.82, 2.24) is 15.0 Å². The Morgan fingerprint density at radius 2 is 2.08 bits per heavy atom. The van der Waals surface area contributed by atoms with Crippen molar-refractivity contribution >= 4 is 44.5 Å². The lowest BCUT2D eigenvalue weighted by atomic mass is 10.3. The van der Waals surface area contributed by atoms with Crippen molar-refractivity contribution in [3.8, 4) is 10.6 Å². The van der Waals surface area contributed by atoms with E-state index in [1.54, 1.807) is 35.1 Å². The Morgan fingerprint density at radius 1 is 1.17 bits per heavy atom. The zero-order chi connectivity index (χ0) is 16.5. The van der Waals surface area contributed by atoms with Crippen molar-refractivity contribution in [3.63, 3.8) is 0 Å². The van der Waals surface area contributed by atoms with Gasteiger partial charge in [0.15, 0.2) is 11.6 Å². The number of thiophene rings is 2. The minimum Gasteiger partial charge on any atom is -0.381 e. The van der Waals surface area contributed by atoms with Gasteiger partial charge in [0, 0.05) is 16.5 Å². The van der Waals surface area contributed by atoms with Crippen LogP contribution >= 0.6 is 22.7 Å². The number of hydrazine groups is 1. The van der Waals surface area contributed by atoms with Crippen molar-refractivity contribution in [2.45, 2.75) is 6.54 Å². The maximum absolute atomic E-state index is 6.21. The number of hydrogen-bond acceptors (Lipinski definition) is 8. The lowest BCUT2D eigenvalue weighted by Gasteiger charge is -2.18. The average molecular weight is 354 g/mol. The van der Waals surface area contributed by atoms with Gasteiger partial charge >= 0.3 is 0 Å². The fraction of sp³-hybridized carbons (Fsp3) is 0.0625. The Morgan fingerprint density at radius 3 is 2.88 bits per heavy atom. The Hall–Kier alpha value is -2.55. The van der Waals surface area contributed by atoms with Gasteiger partial charge in [-0.05, 0) is 23.6 Å². The van der Waals surface area contributed by atoms with Crippen LogP contribution in [0.5, 0.6) is 0 Å². The standard InChI is InChI=1S/C16H14N6S2/c17-14-15(21-12(8-20-14)13-4-2-6-23-13)22(18)9-11-7-10-3-1-5-19-16(10)24-11/h1-8H,9,18H2,(H2,17,20). The summed E-state index contributed by atoms with van der Waals surface area (Å²) in [5.74, 6) is 7.01. The number of rotatable bonds is 4. The summed E-state index contributed by atoms with van der Waals surface area (Å²) < 4.78 is 0. The molecule has 4 heterocycles. The zero-order valence-corrected chi connectivity index (χ0v) is 14.2. The molecule has 0 aliphatic carbocycles. The summed E-state index contributed by atoms with van der Waals surface area (Å²) in [6.07, 6.45) is 3.46. The highest BCUT2D eigenvalue weighted by atomic mass is 32.1. The van der Waals surface area contributed by atoms with E-state index in [0.29, 0.717) is 18.2 Å². The van der Waals surface area contributed by atoms with Crippen molar-refractivity contribution < 1.29 is 0 Å². The minimum atomic E-state index is 0.317. The molecule has 0 bridgehead atoms. The molecule has 24 heavy (non-hydrogen) atoms. The van der Waals surface area contributed by atoms with E-state index in [1.165, 1.54) is 5.01 Å². The summed E-state index contributed by atoms with van der Waals surface area (Å²) in [4.78, 5) is 16.3. The molecule has 0 saturated carbocycles. The topological polar surface area (TPSA) is 94.0 Å². The number of nitrogens with zero attached hydrogens (tertiary/aromatic N) is 4. The van der Waals surface area contributed by atoms with Crippen LogP contribution < -0.4 is 16.6 Å². The fourth-order valence-corrected chi connectivity index (χ4v) is 4.07. The zero-order valence-electron chi connectivity index (χ0n) is 12.6. The molecule has 0 unspecified atom stereocenters. The first kappa shape index (κ1) is 15.0. The summed E-state index contributed by atoms with van der Waals surface area (Å²) in [6, 6.07) is 10.0. The van der Waals surface area contributed by atoms with Crippen LogP contribution in [0, 0.1) is 0 Å². The van der Waals surface area contributed by atoms with Gasteiger partial charge in [0.25, 0.3) is 0 Å². The van der Waals surface area contributed by atoms with E-state index in [4.69, 9.17) is 11.6 Å². The molecule has 120 valence electrons. The highest BCUT2D eigenvalue weighted by Gasteiger charge is 2.14. The van der Waals surface area contributed by atoms with Gasteiger partial charge in [-0.15, -0.1) is 22.7 Å². The molecule has 0 fully saturated rings. The maximum Gasteiger partial charge on any atom is 0.186 e. The summed E-state index contributed by atoms with van der Waals surface area (Å²) in [6.45, 7) is 0.494. The number of anilines is 2. The van der Waals surface area contributed by atoms with Crippen molar-refractivity contribution in [1.29, 1.82) is 0 Å². The van der Waals surface area contributed by atoms with Gasteiger partial charge < -0.3 is 5.73 Å². The third-order valence-electron chi connectivity index (χ3n) is 3.50. The van der Waals surface area contributed by atoms with Crippen LogP contribution in [0.2, 0.25) is 0 Å². The van der Waals surface area contributed by atoms with E-state index in [9.17, 15) is 0 Å². The first-order chi connectivity index (χ1) is 11.7. The van der Waals surface area contributed by atoms with E-state index in [-0.39, 0.29) is 0 Å². The van der Waals surface area contributed by atoms with E-state index in [0.717, 1.165) is 25.7 Å². The van der Waals surface area contributed by atoms with Crippen LogP contribution in [0.1, 0.15) is 4.88 Å². The minimum absolute atomic E-state index is 0.317. The fourth-order valence-electron chi connectivity index (χ4n) is 2.39. The number of pyridine rings is 1. The Kier molecular flexibility index (Phi) is 3.85. The van der Waals surface area contributed by atoms with Crippen LogP contribution in [-0.2, 0) is 6.54 Å². The Balaban J connectivity index is 1.63. The molecule has 0 atom stereocenters. The Labute approximate surface area is 146 Å². The summed E-state index contributed by atoms with van der Waals surface area (Å²) in [5, 5.41) is 4.64. The molecule has 4 aromatic rings. The molecule has 0 aromatic carbocycles. The van der Waals surface area contributed by atoms with Crippen LogP contribution in [0.25, 0.3) is 20.8 Å². The number of aromatic nitrogens is 3. The van der Waals surface area contributed by atoms with Crippen LogP contribution in [0.3, 0.4) is 0 Å². The van der Waals surface area contributed by atoms with Crippen LogP contribution in [0.4, 0.5) is 11.6 Å². The first-order valence-corrected chi connectivity index (χ1v) is 8.92. The lowest BCUT2D eigenvalue weighted by Crippen LogP contribution is -2.31. The quantitative estimate of drug-likeness (QED) is 0.431. The maximum atomic E-state index is 6.21. The predicted molar refractivity (Wildman–Crippen MR) is 99.7 cm³/mol. The second-order valence-electron chi connectivity index (χ2n) is 5.18. The largest absolute Gasteiger partial charge is 0.381 e. The lowest BCUT2D eigenvalue weighted by molar-refractivity contribution is 0.842. The van der Waals surface area contributed by atoms with Gasteiger partial charge in [-0.1, -0.05) is 12.1 Å². The van der Waals surface area contributed by atoms with Crippen molar-refractivity contribution in [2.75, 3.05) is 10.7 Å². The normalized spacial score (nSPS) is 11.0. The first-order valence-electron chi connectivity index (χ1n) is 7.23. The molecule has 0 saturated heterocycles. The predicted octanol–water partition coefficient (Wildman–Crippen LogP) is 3.28. The summed E-state index contributed by atoms with van der Waals surface area (Å²) in [5.41, 5.74) is 6.74. The number of nitrogens with two attached hydrogens (primary N) is 2. The number of nitrogen functional groups attached to an aromatic ring is 1. The molecule has 0 aliphatic heterocycles. The molecule has 4 rings (SSSR count). The molecule has 4 N–H and O–H groups in total. The monoisotopic (exact) mass is 354 g/mol. The molecular weight excluding hydrogens is 340 g/mol. The highest BCUT2D eigenvalue weighted by Crippen LogP contribution is 2.28. The second-order valence-corrected chi connectivity index (χ2v) is 7.24. The highest BCUT2D eigenvalue weighted by molar-refractivity contribution is 7.18. The average Bonchev–Trinajstić information content (AvgIpc) is 3.24. The smallest absolute Gasteiger partial charge is 0.186 e. The van der Waals surface area contributed by atoms with Gasteiger partial charge in [0.1, 0.15) is 10.5 Å². The molecule has 8 heteroatoms. The van der Waals surface area contributed by atoms with E-state index < -0.39 is 0 Å². The number of hydrogen-bond donors (Lipinski definition) is 2. The molecular formula is C16H14N6S2. The van der Waals surface area contributed by atoms with Crippen molar-refractivity contribution in [2.24, 2.45) is 5.84 Å². The van der Waals surface area contributed by atoms with Crippen LogP contribution in [-0.4, -0.2) is 15.0 Å². The molecule has 6 nitrogen and oxygen atoms in total. The molecule has 4 aromatic heterocycles.